The lowest BCUT2D eigenvalue weighted by Gasteiger charge is -2.10. The van der Waals surface area contributed by atoms with E-state index < -0.39 is 0 Å². The minimum Gasteiger partial charge on any atom is -0.497 e. The van der Waals surface area contributed by atoms with Gasteiger partial charge in [0.15, 0.2) is 16.7 Å². The normalized spacial score (nSPS) is 10.6. The minimum absolute atomic E-state index is 0.166. The molecule has 0 spiro atoms. The standard InChI is InChI=1S/C18H20N4O4S/c1-4-22-17(15-6-5-7-26-15)20-21-18(22)27-11-16(23)19-12-8-13(24-2)10-14(9-12)25-3/h5-10H,4,11H2,1-3H3,(H,19,23). The molecule has 0 bridgehead atoms. The van der Waals surface area contributed by atoms with Gasteiger partial charge in [-0.25, -0.2) is 0 Å². The molecule has 1 aromatic carbocycles. The fourth-order valence-corrected chi connectivity index (χ4v) is 3.28. The molecule has 0 fully saturated rings. The Hall–Kier alpha value is -2.94. The molecule has 0 aliphatic rings. The van der Waals surface area contributed by atoms with Gasteiger partial charge in [-0.1, -0.05) is 11.8 Å². The molecule has 2 aromatic heterocycles. The molecule has 0 aliphatic carbocycles. The molecule has 0 aliphatic heterocycles. The zero-order valence-corrected chi connectivity index (χ0v) is 16.1. The average Bonchev–Trinajstić information content (AvgIpc) is 3.34. The second kappa shape index (κ2) is 8.63. The van der Waals surface area contributed by atoms with Crippen molar-refractivity contribution in [2.24, 2.45) is 0 Å². The first-order chi connectivity index (χ1) is 13.1. The van der Waals surface area contributed by atoms with E-state index in [-0.39, 0.29) is 11.7 Å². The summed E-state index contributed by atoms with van der Waals surface area (Å²) >= 11 is 1.31. The van der Waals surface area contributed by atoms with Crippen LogP contribution in [-0.4, -0.2) is 40.6 Å². The number of hydrogen-bond donors (Lipinski definition) is 1. The molecule has 0 saturated carbocycles. The molecule has 0 radical (unpaired) electrons. The van der Waals surface area contributed by atoms with E-state index in [1.165, 1.54) is 11.8 Å². The van der Waals surface area contributed by atoms with Gasteiger partial charge in [0.25, 0.3) is 0 Å². The Morgan fingerprint density at radius 1 is 1.22 bits per heavy atom. The number of benzene rings is 1. The van der Waals surface area contributed by atoms with Crippen molar-refractivity contribution in [3.05, 3.63) is 36.6 Å². The van der Waals surface area contributed by atoms with Crippen LogP contribution >= 0.6 is 11.8 Å². The third-order valence-corrected chi connectivity index (χ3v) is 4.71. The predicted molar refractivity (Wildman–Crippen MR) is 102 cm³/mol. The highest BCUT2D eigenvalue weighted by Gasteiger charge is 2.16. The van der Waals surface area contributed by atoms with Crippen LogP contribution in [0, 0.1) is 0 Å². The number of aromatic nitrogens is 3. The third kappa shape index (κ3) is 4.43. The van der Waals surface area contributed by atoms with E-state index in [2.05, 4.69) is 15.5 Å². The van der Waals surface area contributed by atoms with Crippen molar-refractivity contribution >= 4 is 23.4 Å². The van der Waals surface area contributed by atoms with Gasteiger partial charge in [-0.3, -0.25) is 9.36 Å². The van der Waals surface area contributed by atoms with Crippen molar-refractivity contribution in [3.8, 4) is 23.1 Å². The van der Waals surface area contributed by atoms with E-state index in [4.69, 9.17) is 13.9 Å². The zero-order chi connectivity index (χ0) is 19.2. The summed E-state index contributed by atoms with van der Waals surface area (Å²) in [6.07, 6.45) is 1.59. The Morgan fingerprint density at radius 2 is 1.96 bits per heavy atom. The lowest BCUT2D eigenvalue weighted by atomic mass is 10.2. The molecule has 2 heterocycles. The molecule has 27 heavy (non-hydrogen) atoms. The zero-order valence-electron chi connectivity index (χ0n) is 15.3. The van der Waals surface area contributed by atoms with Crippen LogP contribution in [0.2, 0.25) is 0 Å². The molecule has 0 unspecified atom stereocenters. The molecule has 9 heteroatoms. The molecule has 1 amide bonds. The van der Waals surface area contributed by atoms with Crippen LogP contribution in [0.4, 0.5) is 5.69 Å². The molecule has 3 rings (SSSR count). The Kier molecular flexibility index (Phi) is 6.02. The number of methoxy groups -OCH3 is 2. The number of nitrogens with zero attached hydrogens (tertiary/aromatic N) is 3. The predicted octanol–water partition coefficient (Wildman–Crippen LogP) is 3.31. The van der Waals surface area contributed by atoms with Crippen LogP contribution in [0.25, 0.3) is 11.6 Å². The van der Waals surface area contributed by atoms with Gasteiger partial charge < -0.3 is 19.2 Å². The fraction of sp³-hybridized carbons (Fsp3) is 0.278. The van der Waals surface area contributed by atoms with Gasteiger partial charge in [0.1, 0.15) is 11.5 Å². The lowest BCUT2D eigenvalue weighted by molar-refractivity contribution is -0.113. The molecule has 0 atom stereocenters. The number of ether oxygens (including phenoxy) is 2. The third-order valence-electron chi connectivity index (χ3n) is 3.74. The van der Waals surface area contributed by atoms with Gasteiger partial charge in [-0.15, -0.1) is 10.2 Å². The molecular formula is C18H20N4O4S. The van der Waals surface area contributed by atoms with Crippen LogP contribution in [0.15, 0.2) is 46.2 Å². The van der Waals surface area contributed by atoms with Gasteiger partial charge in [0.2, 0.25) is 5.91 Å². The van der Waals surface area contributed by atoms with Crippen LogP contribution in [0.3, 0.4) is 0 Å². The number of anilines is 1. The molecule has 8 nitrogen and oxygen atoms in total. The number of thioether (sulfide) groups is 1. The second-order valence-electron chi connectivity index (χ2n) is 5.47. The maximum atomic E-state index is 12.3. The van der Waals surface area contributed by atoms with Crippen molar-refractivity contribution in [1.29, 1.82) is 0 Å². The van der Waals surface area contributed by atoms with Crippen molar-refractivity contribution in [1.82, 2.24) is 14.8 Å². The van der Waals surface area contributed by atoms with Gasteiger partial charge in [-0.2, -0.15) is 0 Å². The summed E-state index contributed by atoms with van der Waals surface area (Å²) in [5.74, 6) is 2.51. The summed E-state index contributed by atoms with van der Waals surface area (Å²) in [7, 11) is 3.12. The number of nitrogens with one attached hydrogen (secondary N) is 1. The largest absolute Gasteiger partial charge is 0.497 e. The van der Waals surface area contributed by atoms with Gasteiger partial charge in [-0.05, 0) is 19.1 Å². The molecule has 142 valence electrons. The molecule has 0 saturated heterocycles. The van der Waals surface area contributed by atoms with Crippen LogP contribution in [0.5, 0.6) is 11.5 Å². The smallest absolute Gasteiger partial charge is 0.234 e. The first-order valence-electron chi connectivity index (χ1n) is 8.27. The first kappa shape index (κ1) is 18.8. The summed E-state index contributed by atoms with van der Waals surface area (Å²) in [6, 6.07) is 8.83. The van der Waals surface area contributed by atoms with E-state index in [0.29, 0.717) is 40.5 Å². The first-order valence-corrected chi connectivity index (χ1v) is 9.26. The Labute approximate surface area is 160 Å². The van der Waals surface area contributed by atoms with Crippen molar-refractivity contribution in [2.75, 3.05) is 25.3 Å². The Balaban J connectivity index is 1.66. The maximum absolute atomic E-state index is 12.3. The second-order valence-corrected chi connectivity index (χ2v) is 6.41. The monoisotopic (exact) mass is 388 g/mol. The van der Waals surface area contributed by atoms with Crippen LogP contribution in [-0.2, 0) is 11.3 Å². The Bertz CT molecular complexity index is 886. The number of rotatable bonds is 8. The molecule has 1 N–H and O–H groups in total. The highest BCUT2D eigenvalue weighted by atomic mass is 32.2. The number of amides is 1. The van der Waals surface area contributed by atoms with Gasteiger partial charge in [0, 0.05) is 30.4 Å². The summed E-state index contributed by atoms with van der Waals surface area (Å²) in [5, 5.41) is 11.8. The minimum atomic E-state index is -0.166. The number of carbonyl (C=O) groups is 1. The molecular weight excluding hydrogens is 368 g/mol. The number of carbonyl (C=O) groups excluding carboxylic acids is 1. The van der Waals surface area contributed by atoms with Gasteiger partial charge in [0.05, 0.1) is 26.2 Å². The summed E-state index contributed by atoms with van der Waals surface area (Å²) in [5.41, 5.74) is 0.602. The average molecular weight is 388 g/mol. The van der Waals surface area contributed by atoms with Crippen LogP contribution < -0.4 is 14.8 Å². The summed E-state index contributed by atoms with van der Waals surface area (Å²) in [4.78, 5) is 12.3. The van der Waals surface area contributed by atoms with Crippen molar-refractivity contribution in [3.63, 3.8) is 0 Å². The Morgan fingerprint density at radius 3 is 2.56 bits per heavy atom. The SMILES string of the molecule is CCn1c(SCC(=O)Nc2cc(OC)cc(OC)c2)nnc1-c1ccco1. The topological polar surface area (TPSA) is 91.4 Å². The number of furan rings is 1. The van der Waals surface area contributed by atoms with E-state index in [0.717, 1.165) is 0 Å². The van der Waals surface area contributed by atoms with E-state index >= 15 is 0 Å². The highest BCUT2D eigenvalue weighted by Crippen LogP contribution is 2.27. The maximum Gasteiger partial charge on any atom is 0.234 e. The van der Waals surface area contributed by atoms with Crippen molar-refractivity contribution in [2.45, 2.75) is 18.6 Å². The highest BCUT2D eigenvalue weighted by molar-refractivity contribution is 7.99. The van der Waals surface area contributed by atoms with E-state index in [1.54, 1.807) is 44.7 Å². The van der Waals surface area contributed by atoms with Crippen LogP contribution in [0.1, 0.15) is 6.92 Å². The summed E-state index contributed by atoms with van der Waals surface area (Å²) < 4.78 is 17.7. The quantitative estimate of drug-likeness (QED) is 0.592. The van der Waals surface area contributed by atoms with Crippen molar-refractivity contribution < 1.29 is 18.7 Å². The van der Waals surface area contributed by atoms with E-state index in [1.807, 2.05) is 17.6 Å². The van der Waals surface area contributed by atoms with Gasteiger partial charge >= 0.3 is 0 Å². The fourth-order valence-electron chi connectivity index (χ4n) is 2.48. The van der Waals surface area contributed by atoms with E-state index in [9.17, 15) is 4.79 Å². The molecule has 3 aromatic rings. The number of hydrogen-bond acceptors (Lipinski definition) is 7. The summed E-state index contributed by atoms with van der Waals surface area (Å²) in [6.45, 7) is 2.66. The lowest BCUT2D eigenvalue weighted by Crippen LogP contribution is -2.14.